The van der Waals surface area contributed by atoms with Crippen molar-refractivity contribution in [2.45, 2.75) is 32.4 Å². The van der Waals surface area contributed by atoms with E-state index in [4.69, 9.17) is 5.73 Å². The number of rotatable bonds is 5. The molecule has 4 heteroatoms. The van der Waals surface area contributed by atoms with Crippen LogP contribution in [0.1, 0.15) is 30.5 Å². The van der Waals surface area contributed by atoms with Crippen molar-refractivity contribution < 1.29 is 0 Å². The Morgan fingerprint density at radius 3 is 2.89 bits per heavy atom. The average molecular weight is 308 g/mol. The van der Waals surface area contributed by atoms with Crippen LogP contribution in [0.3, 0.4) is 0 Å². The normalized spacial score (nSPS) is 12.6. The molecule has 0 amide bonds. The van der Waals surface area contributed by atoms with E-state index in [1.54, 1.807) is 0 Å². The molecule has 1 aromatic carbocycles. The summed E-state index contributed by atoms with van der Waals surface area (Å²) in [6.07, 6.45) is 5.82. The molecule has 0 aliphatic rings. The Hall–Kier alpha value is -1.13. The molecule has 96 valence electrons. The van der Waals surface area contributed by atoms with Gasteiger partial charge in [-0.25, -0.2) is 0 Å². The number of nitrogens with two attached hydrogens (primary N) is 1. The van der Waals surface area contributed by atoms with Gasteiger partial charge in [0.15, 0.2) is 0 Å². The number of hydrogen-bond acceptors (Lipinski definition) is 2. The van der Waals surface area contributed by atoms with Gasteiger partial charge in [-0.15, -0.1) is 0 Å². The fourth-order valence-corrected chi connectivity index (χ4v) is 2.39. The molecule has 0 aliphatic heterocycles. The van der Waals surface area contributed by atoms with Crippen LogP contribution in [-0.4, -0.2) is 9.78 Å². The van der Waals surface area contributed by atoms with Gasteiger partial charge >= 0.3 is 0 Å². The lowest BCUT2D eigenvalue weighted by atomic mass is 10.0. The third kappa shape index (κ3) is 3.21. The zero-order valence-corrected chi connectivity index (χ0v) is 12.1. The molecule has 0 spiro atoms. The summed E-state index contributed by atoms with van der Waals surface area (Å²) in [5.41, 5.74) is 8.56. The first-order chi connectivity index (χ1) is 8.70. The molecule has 0 bridgehead atoms. The zero-order chi connectivity index (χ0) is 13.0. The maximum Gasteiger partial charge on any atom is 0.0537 e. The van der Waals surface area contributed by atoms with E-state index in [0.717, 1.165) is 29.4 Å². The number of benzene rings is 1. The van der Waals surface area contributed by atoms with Crippen molar-refractivity contribution in [2.24, 2.45) is 5.73 Å². The highest BCUT2D eigenvalue weighted by molar-refractivity contribution is 9.10. The van der Waals surface area contributed by atoms with Crippen LogP contribution in [0.5, 0.6) is 0 Å². The smallest absolute Gasteiger partial charge is 0.0537 e. The van der Waals surface area contributed by atoms with Gasteiger partial charge in [-0.1, -0.05) is 41.1 Å². The summed E-state index contributed by atoms with van der Waals surface area (Å²) in [7, 11) is 0. The maximum atomic E-state index is 6.23. The van der Waals surface area contributed by atoms with Crippen molar-refractivity contribution in [2.75, 3.05) is 0 Å². The largest absolute Gasteiger partial charge is 0.324 e. The van der Waals surface area contributed by atoms with Crippen LogP contribution in [0, 0.1) is 0 Å². The molecule has 2 aromatic rings. The molecule has 0 saturated carbocycles. The second-order valence-electron chi connectivity index (χ2n) is 4.44. The Balaban J connectivity index is 2.07. The average Bonchev–Trinajstić information content (AvgIpc) is 2.81. The van der Waals surface area contributed by atoms with Crippen LogP contribution in [-0.2, 0) is 13.0 Å². The van der Waals surface area contributed by atoms with Crippen molar-refractivity contribution in [1.82, 2.24) is 9.78 Å². The van der Waals surface area contributed by atoms with Gasteiger partial charge in [0, 0.05) is 28.8 Å². The van der Waals surface area contributed by atoms with Crippen LogP contribution in [0.2, 0.25) is 0 Å². The highest BCUT2D eigenvalue weighted by Crippen LogP contribution is 2.22. The molecule has 0 aliphatic carbocycles. The zero-order valence-electron chi connectivity index (χ0n) is 10.5. The highest BCUT2D eigenvalue weighted by Gasteiger charge is 2.11. The lowest BCUT2D eigenvalue weighted by Gasteiger charge is -2.10. The first-order valence-electron chi connectivity index (χ1n) is 6.22. The van der Waals surface area contributed by atoms with E-state index >= 15 is 0 Å². The fourth-order valence-electron chi connectivity index (χ4n) is 1.94. The van der Waals surface area contributed by atoms with Gasteiger partial charge < -0.3 is 5.73 Å². The van der Waals surface area contributed by atoms with E-state index in [1.807, 2.05) is 35.3 Å². The standard InChI is InChI=1S/C14H18BrN3/c1-2-7-18-10-12(9-17-18)14(16)8-11-5-3-4-6-13(11)15/h3-6,9-10,14H,2,7-8,16H2,1H3. The minimum Gasteiger partial charge on any atom is -0.324 e. The summed E-state index contributed by atoms with van der Waals surface area (Å²) >= 11 is 3.55. The monoisotopic (exact) mass is 307 g/mol. The third-order valence-electron chi connectivity index (χ3n) is 2.93. The van der Waals surface area contributed by atoms with E-state index in [0.29, 0.717) is 0 Å². The van der Waals surface area contributed by atoms with Crippen LogP contribution in [0.25, 0.3) is 0 Å². The summed E-state index contributed by atoms with van der Waals surface area (Å²) in [6.45, 7) is 3.09. The minimum absolute atomic E-state index is 0.00527. The predicted octanol–water partition coefficient (Wildman–Crippen LogP) is 3.30. The number of aromatic nitrogens is 2. The highest BCUT2D eigenvalue weighted by atomic mass is 79.9. The number of hydrogen-bond donors (Lipinski definition) is 1. The summed E-state index contributed by atoms with van der Waals surface area (Å²) in [6, 6.07) is 8.18. The van der Waals surface area contributed by atoms with Crippen molar-refractivity contribution >= 4 is 15.9 Å². The Morgan fingerprint density at radius 2 is 2.17 bits per heavy atom. The summed E-state index contributed by atoms with van der Waals surface area (Å²) in [4.78, 5) is 0. The molecule has 0 fully saturated rings. The van der Waals surface area contributed by atoms with Crippen LogP contribution < -0.4 is 5.73 Å². The van der Waals surface area contributed by atoms with E-state index in [2.05, 4.69) is 34.0 Å². The summed E-state index contributed by atoms with van der Waals surface area (Å²) < 4.78 is 3.07. The molecule has 2 rings (SSSR count). The Labute approximate surface area is 116 Å². The third-order valence-corrected chi connectivity index (χ3v) is 3.71. The first-order valence-corrected chi connectivity index (χ1v) is 7.01. The van der Waals surface area contributed by atoms with Crippen molar-refractivity contribution in [3.63, 3.8) is 0 Å². The van der Waals surface area contributed by atoms with E-state index in [-0.39, 0.29) is 6.04 Å². The summed E-state index contributed by atoms with van der Waals surface area (Å²) in [5, 5.41) is 4.32. The van der Waals surface area contributed by atoms with Crippen LogP contribution >= 0.6 is 15.9 Å². The Kier molecular flexibility index (Phi) is 4.55. The molecular formula is C14H18BrN3. The van der Waals surface area contributed by atoms with E-state index < -0.39 is 0 Å². The van der Waals surface area contributed by atoms with Gasteiger partial charge in [0.2, 0.25) is 0 Å². The Bertz CT molecular complexity index is 507. The van der Waals surface area contributed by atoms with Crippen molar-refractivity contribution in [1.29, 1.82) is 0 Å². The van der Waals surface area contributed by atoms with E-state index in [1.165, 1.54) is 5.56 Å². The quantitative estimate of drug-likeness (QED) is 0.921. The predicted molar refractivity (Wildman–Crippen MR) is 77.3 cm³/mol. The van der Waals surface area contributed by atoms with Gasteiger partial charge in [-0.05, 0) is 24.5 Å². The number of aryl methyl sites for hydroxylation is 1. The number of halogens is 1. The summed E-state index contributed by atoms with van der Waals surface area (Å²) in [5.74, 6) is 0. The first kappa shape index (κ1) is 13.3. The molecule has 1 unspecified atom stereocenters. The SMILES string of the molecule is CCCn1cc(C(N)Cc2ccccc2Br)cn1. The second-order valence-corrected chi connectivity index (χ2v) is 5.29. The molecule has 3 nitrogen and oxygen atoms in total. The van der Waals surface area contributed by atoms with Crippen molar-refractivity contribution in [3.05, 3.63) is 52.3 Å². The topological polar surface area (TPSA) is 43.8 Å². The van der Waals surface area contributed by atoms with Gasteiger partial charge in [-0.3, -0.25) is 4.68 Å². The van der Waals surface area contributed by atoms with E-state index in [9.17, 15) is 0 Å². The van der Waals surface area contributed by atoms with Crippen LogP contribution in [0.4, 0.5) is 0 Å². The fraction of sp³-hybridized carbons (Fsp3) is 0.357. The molecule has 18 heavy (non-hydrogen) atoms. The van der Waals surface area contributed by atoms with Gasteiger partial charge in [-0.2, -0.15) is 5.10 Å². The van der Waals surface area contributed by atoms with Gasteiger partial charge in [0.1, 0.15) is 0 Å². The number of nitrogens with zero attached hydrogens (tertiary/aromatic N) is 2. The lowest BCUT2D eigenvalue weighted by Crippen LogP contribution is -2.13. The molecule has 1 atom stereocenters. The van der Waals surface area contributed by atoms with Crippen LogP contribution in [0.15, 0.2) is 41.1 Å². The van der Waals surface area contributed by atoms with Gasteiger partial charge in [0.25, 0.3) is 0 Å². The molecular weight excluding hydrogens is 290 g/mol. The maximum absolute atomic E-state index is 6.23. The molecule has 0 saturated heterocycles. The Morgan fingerprint density at radius 1 is 1.39 bits per heavy atom. The minimum atomic E-state index is -0.00527. The lowest BCUT2D eigenvalue weighted by molar-refractivity contribution is 0.600. The second kappa shape index (κ2) is 6.16. The molecule has 1 heterocycles. The van der Waals surface area contributed by atoms with Gasteiger partial charge in [0.05, 0.1) is 6.20 Å². The van der Waals surface area contributed by atoms with Crippen molar-refractivity contribution in [3.8, 4) is 0 Å². The molecule has 0 radical (unpaired) electrons. The molecule has 1 aromatic heterocycles. The molecule has 2 N–H and O–H groups in total.